The van der Waals surface area contributed by atoms with E-state index in [1.807, 2.05) is 0 Å². The van der Waals surface area contributed by atoms with Crippen LogP contribution in [0.3, 0.4) is 0 Å². The number of hydrogen-bond donors (Lipinski definition) is 2. The number of nitrogens with two attached hydrogens (primary N) is 1. The molecule has 1 aliphatic heterocycles. The largest absolute Gasteiger partial charge is 0.360 e. The summed E-state index contributed by atoms with van der Waals surface area (Å²) >= 11 is 0. The van der Waals surface area contributed by atoms with Gasteiger partial charge in [0.05, 0.1) is 0 Å². The van der Waals surface area contributed by atoms with E-state index in [2.05, 4.69) is 22.3 Å². The molecule has 0 aliphatic carbocycles. The number of nitrogens with one attached hydrogen (secondary N) is 1. The lowest BCUT2D eigenvalue weighted by molar-refractivity contribution is -0.116. The van der Waals surface area contributed by atoms with Gasteiger partial charge in [-0.25, -0.2) is 0 Å². The molecule has 0 aromatic carbocycles. The van der Waals surface area contributed by atoms with E-state index in [-0.39, 0.29) is 5.91 Å². The second-order valence-corrected chi connectivity index (χ2v) is 5.68. The summed E-state index contributed by atoms with van der Waals surface area (Å²) in [6.45, 7) is 6.49. The lowest BCUT2D eigenvalue weighted by Gasteiger charge is -2.37. The monoisotopic (exact) mass is 280 g/mol. The van der Waals surface area contributed by atoms with Crippen LogP contribution < -0.4 is 11.1 Å². The van der Waals surface area contributed by atoms with Crippen molar-refractivity contribution < 1.29 is 9.32 Å². The Morgan fingerprint density at radius 2 is 2.45 bits per heavy atom. The highest BCUT2D eigenvalue weighted by Gasteiger charge is 2.25. The summed E-state index contributed by atoms with van der Waals surface area (Å²) in [5, 5.41) is 6.49. The Balaban J connectivity index is 1.77. The third kappa shape index (κ3) is 4.05. The molecule has 6 nitrogen and oxygen atoms in total. The average Bonchev–Trinajstić information content (AvgIpc) is 2.82. The van der Waals surface area contributed by atoms with Crippen molar-refractivity contribution in [1.82, 2.24) is 10.1 Å². The minimum atomic E-state index is -0.0345. The first-order valence-corrected chi connectivity index (χ1v) is 7.25. The number of likely N-dealkylation sites (tertiary alicyclic amines) is 1. The van der Waals surface area contributed by atoms with Gasteiger partial charge in [0.25, 0.3) is 0 Å². The van der Waals surface area contributed by atoms with E-state index in [0.29, 0.717) is 30.6 Å². The summed E-state index contributed by atoms with van der Waals surface area (Å²) in [7, 11) is 0. The molecule has 112 valence electrons. The molecule has 1 aromatic rings. The zero-order valence-electron chi connectivity index (χ0n) is 12.3. The van der Waals surface area contributed by atoms with Gasteiger partial charge in [0.15, 0.2) is 5.82 Å². The lowest BCUT2D eigenvalue weighted by Crippen LogP contribution is -2.47. The quantitative estimate of drug-likeness (QED) is 0.851. The van der Waals surface area contributed by atoms with Crippen LogP contribution in [0.2, 0.25) is 0 Å². The average molecular weight is 280 g/mol. The van der Waals surface area contributed by atoms with Gasteiger partial charge in [-0.3, -0.25) is 9.69 Å². The molecule has 1 aromatic heterocycles. The molecule has 1 saturated heterocycles. The number of amides is 1. The molecule has 0 spiro atoms. The van der Waals surface area contributed by atoms with Crippen LogP contribution in [0.4, 0.5) is 5.82 Å². The van der Waals surface area contributed by atoms with Crippen LogP contribution >= 0.6 is 0 Å². The Bertz CT molecular complexity index is 446. The fraction of sp³-hybridized carbons (Fsp3) is 0.714. The van der Waals surface area contributed by atoms with Gasteiger partial charge in [0, 0.05) is 31.6 Å². The number of piperidine rings is 1. The van der Waals surface area contributed by atoms with E-state index in [1.165, 1.54) is 6.42 Å². The van der Waals surface area contributed by atoms with E-state index >= 15 is 0 Å². The van der Waals surface area contributed by atoms with E-state index in [1.54, 1.807) is 13.0 Å². The molecule has 0 bridgehead atoms. The van der Waals surface area contributed by atoms with Crippen molar-refractivity contribution >= 4 is 11.7 Å². The number of carbonyl (C=O) groups is 1. The highest BCUT2D eigenvalue weighted by molar-refractivity contribution is 5.89. The molecule has 1 amide bonds. The SMILES string of the molecule is Cc1cc(NC(=O)CCN2CCC(C)CC2CN)no1. The number of anilines is 1. The molecule has 2 heterocycles. The smallest absolute Gasteiger partial charge is 0.226 e. The Kier molecular flexibility index (Phi) is 5.14. The first kappa shape index (κ1) is 15.0. The zero-order valence-corrected chi connectivity index (χ0v) is 12.3. The van der Waals surface area contributed by atoms with Crippen LogP contribution in [0.25, 0.3) is 0 Å². The molecule has 1 aliphatic rings. The van der Waals surface area contributed by atoms with Crippen molar-refractivity contribution in [3.05, 3.63) is 11.8 Å². The topological polar surface area (TPSA) is 84.4 Å². The predicted molar refractivity (Wildman–Crippen MR) is 77.3 cm³/mol. The number of carbonyl (C=O) groups excluding carboxylic acids is 1. The van der Waals surface area contributed by atoms with Crippen molar-refractivity contribution in [3.63, 3.8) is 0 Å². The fourth-order valence-electron chi connectivity index (χ4n) is 2.72. The van der Waals surface area contributed by atoms with Crippen LogP contribution in [0, 0.1) is 12.8 Å². The molecular weight excluding hydrogens is 256 g/mol. The van der Waals surface area contributed by atoms with Crippen molar-refractivity contribution in [2.75, 3.05) is 25.0 Å². The van der Waals surface area contributed by atoms with Gasteiger partial charge in [0.1, 0.15) is 5.76 Å². The van der Waals surface area contributed by atoms with Crippen molar-refractivity contribution in [1.29, 1.82) is 0 Å². The normalized spacial score (nSPS) is 23.8. The maximum absolute atomic E-state index is 11.9. The number of hydrogen-bond acceptors (Lipinski definition) is 5. The summed E-state index contributed by atoms with van der Waals surface area (Å²) < 4.78 is 4.91. The Labute approximate surface area is 119 Å². The van der Waals surface area contributed by atoms with Crippen molar-refractivity contribution in [3.8, 4) is 0 Å². The molecule has 2 unspecified atom stereocenters. The summed E-state index contributed by atoms with van der Waals surface area (Å²) in [6, 6.07) is 2.12. The van der Waals surface area contributed by atoms with E-state index in [9.17, 15) is 4.79 Å². The van der Waals surface area contributed by atoms with Crippen molar-refractivity contribution in [2.24, 2.45) is 11.7 Å². The van der Waals surface area contributed by atoms with Gasteiger partial charge in [-0.05, 0) is 32.2 Å². The highest BCUT2D eigenvalue weighted by atomic mass is 16.5. The minimum absolute atomic E-state index is 0.0345. The first-order valence-electron chi connectivity index (χ1n) is 7.25. The van der Waals surface area contributed by atoms with Crippen LogP contribution in [0.5, 0.6) is 0 Å². The summed E-state index contributed by atoms with van der Waals surface area (Å²) in [4.78, 5) is 14.2. The van der Waals surface area contributed by atoms with Gasteiger partial charge in [-0.15, -0.1) is 0 Å². The standard InChI is InChI=1S/C14H24N4O2/c1-10-3-5-18(12(7-10)9-15)6-4-14(19)16-13-8-11(2)20-17-13/h8,10,12H,3-7,9,15H2,1-2H3,(H,16,17,19). The summed E-state index contributed by atoms with van der Waals surface area (Å²) in [5.41, 5.74) is 5.82. The molecule has 0 saturated carbocycles. The second kappa shape index (κ2) is 6.85. The number of aryl methyl sites for hydroxylation is 1. The van der Waals surface area contributed by atoms with Crippen LogP contribution in [0.15, 0.2) is 10.6 Å². The maximum Gasteiger partial charge on any atom is 0.226 e. The molecule has 20 heavy (non-hydrogen) atoms. The van der Waals surface area contributed by atoms with E-state index in [4.69, 9.17) is 10.3 Å². The summed E-state index contributed by atoms with van der Waals surface area (Å²) in [5.74, 6) is 1.86. The Morgan fingerprint density at radius 1 is 1.65 bits per heavy atom. The first-order chi connectivity index (χ1) is 9.58. The highest BCUT2D eigenvalue weighted by Crippen LogP contribution is 2.21. The van der Waals surface area contributed by atoms with Crippen LogP contribution in [-0.2, 0) is 4.79 Å². The molecule has 2 atom stereocenters. The minimum Gasteiger partial charge on any atom is -0.360 e. The lowest BCUT2D eigenvalue weighted by atomic mass is 9.92. The third-order valence-electron chi connectivity index (χ3n) is 3.89. The Hall–Kier alpha value is -1.40. The van der Waals surface area contributed by atoms with Gasteiger partial charge in [-0.1, -0.05) is 12.1 Å². The molecule has 3 N–H and O–H groups in total. The fourth-order valence-corrected chi connectivity index (χ4v) is 2.72. The molecular formula is C14H24N4O2. The number of rotatable bonds is 5. The molecule has 6 heteroatoms. The van der Waals surface area contributed by atoms with Gasteiger partial charge >= 0.3 is 0 Å². The predicted octanol–water partition coefficient (Wildman–Crippen LogP) is 1.37. The third-order valence-corrected chi connectivity index (χ3v) is 3.89. The molecule has 2 rings (SSSR count). The Morgan fingerprint density at radius 3 is 3.10 bits per heavy atom. The van der Waals surface area contributed by atoms with E-state index < -0.39 is 0 Å². The molecule has 0 radical (unpaired) electrons. The van der Waals surface area contributed by atoms with E-state index in [0.717, 1.165) is 25.4 Å². The summed E-state index contributed by atoms with van der Waals surface area (Å²) in [6.07, 6.45) is 2.76. The zero-order chi connectivity index (χ0) is 14.5. The number of aromatic nitrogens is 1. The van der Waals surface area contributed by atoms with Crippen molar-refractivity contribution in [2.45, 2.75) is 39.2 Å². The number of nitrogens with zero attached hydrogens (tertiary/aromatic N) is 2. The maximum atomic E-state index is 11.9. The molecule has 1 fully saturated rings. The second-order valence-electron chi connectivity index (χ2n) is 5.68. The van der Waals surface area contributed by atoms with Crippen LogP contribution in [-0.4, -0.2) is 41.6 Å². The van der Waals surface area contributed by atoms with Gasteiger partial charge in [-0.2, -0.15) is 0 Å². The van der Waals surface area contributed by atoms with Gasteiger partial charge in [0.2, 0.25) is 5.91 Å². The van der Waals surface area contributed by atoms with Gasteiger partial charge < -0.3 is 15.6 Å². The van der Waals surface area contributed by atoms with Crippen LogP contribution in [0.1, 0.15) is 31.9 Å².